The number of nitrogens with one attached hydrogen (secondary N) is 1. The van der Waals surface area contributed by atoms with Crippen LogP contribution in [0.2, 0.25) is 5.02 Å². The zero-order valence-electron chi connectivity index (χ0n) is 10.7. The molecule has 0 saturated heterocycles. The third kappa shape index (κ3) is 4.43. The number of halogens is 1. The van der Waals surface area contributed by atoms with Crippen LogP contribution in [-0.4, -0.2) is 16.6 Å². The quantitative estimate of drug-likeness (QED) is 0.656. The maximum absolute atomic E-state index is 11.8. The van der Waals surface area contributed by atoms with Crippen molar-refractivity contribution in [2.75, 3.05) is 16.8 Å². The molecule has 0 radical (unpaired) electrons. The number of hydrogen-bond donors (Lipinski definition) is 2. The maximum atomic E-state index is 11.8. The first-order valence-electron chi connectivity index (χ1n) is 6.04. The molecule has 2 rings (SSSR count). The minimum atomic E-state index is -0.0654. The summed E-state index contributed by atoms with van der Waals surface area (Å²) in [6.45, 7) is 0. The van der Waals surface area contributed by atoms with E-state index in [-0.39, 0.29) is 5.91 Å². The van der Waals surface area contributed by atoms with Crippen LogP contribution < -0.4 is 11.1 Å². The number of nitrogen functional groups attached to an aromatic ring is 1. The van der Waals surface area contributed by atoms with Crippen LogP contribution in [0.3, 0.4) is 0 Å². The normalized spacial score (nSPS) is 10.2. The van der Waals surface area contributed by atoms with E-state index in [0.717, 1.165) is 5.03 Å². The second-order valence-electron chi connectivity index (χ2n) is 4.05. The van der Waals surface area contributed by atoms with Crippen molar-refractivity contribution in [2.24, 2.45) is 0 Å². The van der Waals surface area contributed by atoms with E-state index in [9.17, 15) is 4.79 Å². The lowest BCUT2D eigenvalue weighted by atomic mass is 10.2. The Morgan fingerprint density at radius 1 is 1.30 bits per heavy atom. The molecule has 0 fully saturated rings. The summed E-state index contributed by atoms with van der Waals surface area (Å²) in [5.74, 6) is 0.581. The number of carbonyl (C=O) groups excluding carboxylic acids is 1. The highest BCUT2D eigenvalue weighted by Crippen LogP contribution is 2.19. The van der Waals surface area contributed by atoms with Crippen molar-refractivity contribution >= 4 is 40.6 Å². The number of pyridine rings is 1. The van der Waals surface area contributed by atoms with Gasteiger partial charge in [0, 0.05) is 18.4 Å². The highest BCUT2D eigenvalue weighted by molar-refractivity contribution is 7.99. The molecule has 0 bridgehead atoms. The SMILES string of the molecule is Nc1ccccc1NC(=O)CCSc1ccc(Cl)cn1. The molecule has 2 aromatic rings. The van der Waals surface area contributed by atoms with Crippen molar-refractivity contribution in [3.63, 3.8) is 0 Å². The van der Waals surface area contributed by atoms with Gasteiger partial charge in [0.15, 0.2) is 0 Å². The van der Waals surface area contributed by atoms with Crippen LogP contribution in [0.15, 0.2) is 47.6 Å². The molecule has 6 heteroatoms. The number of aromatic nitrogens is 1. The third-order valence-corrected chi connectivity index (χ3v) is 3.68. The number of benzene rings is 1. The van der Waals surface area contributed by atoms with E-state index in [4.69, 9.17) is 17.3 Å². The number of carbonyl (C=O) groups is 1. The van der Waals surface area contributed by atoms with Gasteiger partial charge in [-0.1, -0.05) is 23.7 Å². The number of anilines is 2. The van der Waals surface area contributed by atoms with E-state index in [1.165, 1.54) is 11.8 Å². The van der Waals surface area contributed by atoms with Gasteiger partial charge in [-0.2, -0.15) is 0 Å². The number of rotatable bonds is 5. The molecule has 0 spiro atoms. The molecule has 104 valence electrons. The van der Waals surface area contributed by atoms with Gasteiger partial charge in [0.2, 0.25) is 5.91 Å². The summed E-state index contributed by atoms with van der Waals surface area (Å²) in [5, 5.41) is 4.24. The van der Waals surface area contributed by atoms with E-state index in [2.05, 4.69) is 10.3 Å². The highest BCUT2D eigenvalue weighted by atomic mass is 35.5. The topological polar surface area (TPSA) is 68.0 Å². The van der Waals surface area contributed by atoms with Crippen molar-refractivity contribution in [3.8, 4) is 0 Å². The van der Waals surface area contributed by atoms with Crippen LogP contribution in [0, 0.1) is 0 Å². The Balaban J connectivity index is 1.78. The highest BCUT2D eigenvalue weighted by Gasteiger charge is 2.05. The summed E-state index contributed by atoms with van der Waals surface area (Å²) >= 11 is 7.26. The first-order valence-corrected chi connectivity index (χ1v) is 7.40. The standard InChI is InChI=1S/C14H14ClN3OS/c15-10-5-6-14(17-9-10)20-8-7-13(19)18-12-4-2-1-3-11(12)16/h1-6,9H,7-8,16H2,(H,18,19). The molecule has 0 unspecified atom stereocenters. The van der Waals surface area contributed by atoms with Gasteiger partial charge in [0.25, 0.3) is 0 Å². The molecule has 1 aromatic heterocycles. The lowest BCUT2D eigenvalue weighted by Crippen LogP contribution is -2.13. The molecule has 1 amide bonds. The summed E-state index contributed by atoms with van der Waals surface area (Å²) in [6, 6.07) is 10.8. The number of hydrogen-bond acceptors (Lipinski definition) is 4. The van der Waals surface area contributed by atoms with Gasteiger partial charge in [-0.25, -0.2) is 4.98 Å². The average molecular weight is 308 g/mol. The minimum Gasteiger partial charge on any atom is -0.397 e. The second-order valence-corrected chi connectivity index (χ2v) is 5.60. The average Bonchev–Trinajstić information content (AvgIpc) is 2.44. The van der Waals surface area contributed by atoms with Crippen molar-refractivity contribution in [1.82, 2.24) is 4.98 Å². The summed E-state index contributed by atoms with van der Waals surface area (Å²) in [6.07, 6.45) is 1.98. The Kier molecular flexibility index (Phi) is 5.26. The number of thioether (sulfide) groups is 1. The van der Waals surface area contributed by atoms with Crippen molar-refractivity contribution < 1.29 is 4.79 Å². The number of amides is 1. The third-order valence-electron chi connectivity index (χ3n) is 2.51. The van der Waals surface area contributed by atoms with Crippen LogP contribution >= 0.6 is 23.4 Å². The van der Waals surface area contributed by atoms with Gasteiger partial charge < -0.3 is 11.1 Å². The summed E-state index contributed by atoms with van der Waals surface area (Å²) in [4.78, 5) is 15.9. The molecule has 0 atom stereocenters. The Labute approximate surface area is 126 Å². The van der Waals surface area contributed by atoms with Crippen molar-refractivity contribution in [2.45, 2.75) is 11.4 Å². The molecule has 1 aromatic carbocycles. The first-order chi connectivity index (χ1) is 9.65. The van der Waals surface area contributed by atoms with Gasteiger partial charge in [-0.05, 0) is 24.3 Å². The molecule has 0 aliphatic heterocycles. The number of nitrogens with two attached hydrogens (primary N) is 1. The summed E-state index contributed by atoms with van der Waals surface area (Å²) in [7, 11) is 0. The molecule has 20 heavy (non-hydrogen) atoms. The Hall–Kier alpha value is -1.72. The van der Waals surface area contributed by atoms with E-state index in [1.807, 2.05) is 18.2 Å². The fourth-order valence-electron chi connectivity index (χ4n) is 1.52. The van der Waals surface area contributed by atoms with Crippen LogP contribution in [0.25, 0.3) is 0 Å². The zero-order chi connectivity index (χ0) is 14.4. The van der Waals surface area contributed by atoms with Gasteiger partial charge in [-0.3, -0.25) is 4.79 Å². The fourth-order valence-corrected chi connectivity index (χ4v) is 2.42. The maximum Gasteiger partial charge on any atom is 0.225 e. The fraction of sp³-hybridized carbons (Fsp3) is 0.143. The Morgan fingerprint density at radius 2 is 2.10 bits per heavy atom. The van der Waals surface area contributed by atoms with Gasteiger partial charge in [0.1, 0.15) is 0 Å². The molecular weight excluding hydrogens is 294 g/mol. The van der Waals surface area contributed by atoms with Gasteiger partial charge >= 0.3 is 0 Å². The molecule has 3 N–H and O–H groups in total. The predicted molar refractivity (Wildman–Crippen MR) is 84.1 cm³/mol. The van der Waals surface area contributed by atoms with Crippen molar-refractivity contribution in [3.05, 3.63) is 47.6 Å². The summed E-state index contributed by atoms with van der Waals surface area (Å²) in [5.41, 5.74) is 6.97. The smallest absolute Gasteiger partial charge is 0.225 e. The van der Waals surface area contributed by atoms with Gasteiger partial charge in [0.05, 0.1) is 21.4 Å². The van der Waals surface area contributed by atoms with Crippen LogP contribution in [-0.2, 0) is 4.79 Å². The number of nitrogens with zero attached hydrogens (tertiary/aromatic N) is 1. The molecule has 0 aliphatic carbocycles. The first kappa shape index (κ1) is 14.7. The van der Waals surface area contributed by atoms with E-state index < -0.39 is 0 Å². The Morgan fingerprint density at radius 3 is 2.80 bits per heavy atom. The molecule has 0 saturated carbocycles. The minimum absolute atomic E-state index is 0.0654. The second kappa shape index (κ2) is 7.17. The van der Waals surface area contributed by atoms with E-state index >= 15 is 0 Å². The van der Waals surface area contributed by atoms with Crippen molar-refractivity contribution in [1.29, 1.82) is 0 Å². The predicted octanol–water partition coefficient (Wildman–Crippen LogP) is 3.44. The summed E-state index contributed by atoms with van der Waals surface area (Å²) < 4.78 is 0. The molecule has 0 aliphatic rings. The van der Waals surface area contributed by atoms with Crippen LogP contribution in [0.1, 0.15) is 6.42 Å². The van der Waals surface area contributed by atoms with Gasteiger partial charge in [-0.15, -0.1) is 11.8 Å². The lowest BCUT2D eigenvalue weighted by Gasteiger charge is -2.07. The van der Waals surface area contributed by atoms with Crippen LogP contribution in [0.4, 0.5) is 11.4 Å². The molecule has 1 heterocycles. The largest absolute Gasteiger partial charge is 0.397 e. The molecular formula is C14H14ClN3OS. The monoisotopic (exact) mass is 307 g/mol. The zero-order valence-corrected chi connectivity index (χ0v) is 12.2. The van der Waals surface area contributed by atoms with E-state index in [0.29, 0.717) is 28.6 Å². The van der Waals surface area contributed by atoms with Crippen LogP contribution in [0.5, 0.6) is 0 Å². The lowest BCUT2D eigenvalue weighted by molar-refractivity contribution is -0.115. The van der Waals surface area contributed by atoms with E-state index in [1.54, 1.807) is 24.4 Å². The number of para-hydroxylation sites is 2. The molecule has 4 nitrogen and oxygen atoms in total. The Bertz CT molecular complexity index is 589.